The number of aromatic nitrogens is 2. The second-order valence-electron chi connectivity index (χ2n) is 5.67. The average Bonchev–Trinajstić information content (AvgIpc) is 2.85. The molecule has 3 aromatic rings. The summed E-state index contributed by atoms with van der Waals surface area (Å²) < 4.78 is 2.28. The molecule has 0 fully saturated rings. The van der Waals surface area contributed by atoms with Gasteiger partial charge in [-0.2, -0.15) is 0 Å². The van der Waals surface area contributed by atoms with Crippen LogP contribution in [0.25, 0.3) is 23.2 Å². The van der Waals surface area contributed by atoms with Crippen molar-refractivity contribution in [3.63, 3.8) is 0 Å². The van der Waals surface area contributed by atoms with Crippen LogP contribution < -0.4 is 0 Å². The third kappa shape index (κ3) is 2.75. The summed E-state index contributed by atoms with van der Waals surface area (Å²) in [6, 6.07) is 17.2. The highest BCUT2D eigenvalue weighted by Crippen LogP contribution is 2.22. The lowest BCUT2D eigenvalue weighted by atomic mass is 10.1. The van der Waals surface area contributed by atoms with E-state index in [9.17, 15) is 0 Å². The number of hydrogen-bond donors (Lipinski definition) is 0. The third-order valence-corrected chi connectivity index (χ3v) is 3.64. The maximum atomic E-state index is 4.74. The zero-order valence-electron chi connectivity index (χ0n) is 12.7. The summed E-state index contributed by atoms with van der Waals surface area (Å²) in [4.78, 5) is 4.74. The Labute approximate surface area is 125 Å². The monoisotopic (exact) mass is 276 g/mol. The molecule has 0 aliphatic rings. The Morgan fingerprint density at radius 1 is 0.952 bits per heavy atom. The molecule has 21 heavy (non-hydrogen) atoms. The molecule has 0 aliphatic heterocycles. The molecule has 1 aromatic heterocycles. The van der Waals surface area contributed by atoms with Crippen LogP contribution in [0.2, 0.25) is 0 Å². The fourth-order valence-electron chi connectivity index (χ4n) is 2.57. The largest absolute Gasteiger partial charge is 0.322 e. The van der Waals surface area contributed by atoms with Crippen molar-refractivity contribution in [3.8, 4) is 0 Å². The summed E-state index contributed by atoms with van der Waals surface area (Å²) in [5.41, 5.74) is 4.72. The maximum absolute atomic E-state index is 4.74. The maximum Gasteiger partial charge on any atom is 0.134 e. The average molecular weight is 276 g/mol. The molecule has 3 rings (SSSR count). The van der Waals surface area contributed by atoms with Gasteiger partial charge >= 0.3 is 0 Å². The lowest BCUT2D eigenvalue weighted by Crippen LogP contribution is -2.02. The van der Waals surface area contributed by atoms with E-state index in [-0.39, 0.29) is 0 Å². The lowest BCUT2D eigenvalue weighted by molar-refractivity contribution is 0.612. The first-order chi connectivity index (χ1) is 10.1. The van der Waals surface area contributed by atoms with Gasteiger partial charge in [-0.3, -0.25) is 0 Å². The van der Waals surface area contributed by atoms with E-state index in [1.807, 2.05) is 6.07 Å². The summed E-state index contributed by atoms with van der Waals surface area (Å²) in [6.45, 7) is 6.49. The zero-order valence-corrected chi connectivity index (χ0v) is 12.7. The predicted octanol–water partition coefficient (Wildman–Crippen LogP) is 5.10. The molecule has 0 bridgehead atoms. The van der Waals surface area contributed by atoms with E-state index in [1.54, 1.807) is 0 Å². The number of para-hydroxylation sites is 2. The highest BCUT2D eigenvalue weighted by molar-refractivity contribution is 5.80. The van der Waals surface area contributed by atoms with Crippen molar-refractivity contribution >= 4 is 23.2 Å². The fraction of sp³-hybridized carbons (Fsp3) is 0.211. The van der Waals surface area contributed by atoms with Crippen LogP contribution in [0.4, 0.5) is 0 Å². The second kappa shape index (κ2) is 5.57. The molecule has 2 nitrogen and oxygen atoms in total. The van der Waals surface area contributed by atoms with E-state index >= 15 is 0 Å². The summed E-state index contributed by atoms with van der Waals surface area (Å²) in [5.74, 6) is 1.01. The molecule has 0 N–H and O–H groups in total. The number of hydrogen-bond acceptors (Lipinski definition) is 1. The van der Waals surface area contributed by atoms with Gasteiger partial charge in [-0.1, -0.05) is 48.0 Å². The van der Waals surface area contributed by atoms with E-state index in [0.29, 0.717) is 6.04 Å². The smallest absolute Gasteiger partial charge is 0.134 e. The number of benzene rings is 2. The van der Waals surface area contributed by atoms with Gasteiger partial charge in [-0.05, 0) is 44.5 Å². The molecule has 106 valence electrons. The Hall–Kier alpha value is -2.35. The van der Waals surface area contributed by atoms with Gasteiger partial charge in [0.2, 0.25) is 0 Å². The van der Waals surface area contributed by atoms with Gasteiger partial charge in [-0.15, -0.1) is 0 Å². The van der Waals surface area contributed by atoms with Gasteiger partial charge in [0.25, 0.3) is 0 Å². The zero-order chi connectivity index (χ0) is 14.8. The van der Waals surface area contributed by atoms with E-state index in [1.165, 1.54) is 16.6 Å². The molecule has 0 aliphatic carbocycles. The van der Waals surface area contributed by atoms with E-state index < -0.39 is 0 Å². The first-order valence-electron chi connectivity index (χ1n) is 7.37. The minimum Gasteiger partial charge on any atom is -0.322 e. The first-order valence-corrected chi connectivity index (χ1v) is 7.37. The van der Waals surface area contributed by atoms with Crippen LogP contribution in [0.3, 0.4) is 0 Å². The Kier molecular flexibility index (Phi) is 3.61. The molecule has 0 saturated heterocycles. The van der Waals surface area contributed by atoms with E-state index in [0.717, 1.165) is 11.3 Å². The first kappa shape index (κ1) is 13.6. The molecule has 1 heterocycles. The van der Waals surface area contributed by atoms with Gasteiger partial charge in [0, 0.05) is 6.04 Å². The minimum atomic E-state index is 0.384. The van der Waals surface area contributed by atoms with Gasteiger partial charge < -0.3 is 4.57 Å². The van der Waals surface area contributed by atoms with Crippen molar-refractivity contribution < 1.29 is 0 Å². The molecule has 2 aromatic carbocycles. The van der Waals surface area contributed by atoms with Gasteiger partial charge in [0.15, 0.2) is 0 Å². The topological polar surface area (TPSA) is 17.8 Å². The van der Waals surface area contributed by atoms with Crippen LogP contribution in [-0.4, -0.2) is 9.55 Å². The molecule has 0 radical (unpaired) electrons. The van der Waals surface area contributed by atoms with E-state index in [2.05, 4.69) is 80.0 Å². The SMILES string of the molecule is Cc1ccc(/C=C/c2nc3ccccc3n2C(C)C)cc1. The van der Waals surface area contributed by atoms with Crippen molar-refractivity contribution in [2.75, 3.05) is 0 Å². The number of fused-ring (bicyclic) bond motifs is 1. The molecule has 2 heteroatoms. The van der Waals surface area contributed by atoms with Crippen molar-refractivity contribution in [2.24, 2.45) is 0 Å². The summed E-state index contributed by atoms with van der Waals surface area (Å²) >= 11 is 0. The molecule has 0 atom stereocenters. The molecule has 0 spiro atoms. The van der Waals surface area contributed by atoms with Gasteiger partial charge in [0.1, 0.15) is 5.82 Å². The van der Waals surface area contributed by atoms with E-state index in [4.69, 9.17) is 4.98 Å². The van der Waals surface area contributed by atoms with Gasteiger partial charge in [-0.25, -0.2) is 4.98 Å². The van der Waals surface area contributed by atoms with Crippen molar-refractivity contribution in [1.82, 2.24) is 9.55 Å². The van der Waals surface area contributed by atoms with Crippen LogP contribution in [0.5, 0.6) is 0 Å². The number of rotatable bonds is 3. The Morgan fingerprint density at radius 2 is 1.67 bits per heavy atom. The Balaban J connectivity index is 2.03. The number of imidazole rings is 1. The van der Waals surface area contributed by atoms with Crippen LogP contribution in [0.15, 0.2) is 48.5 Å². The van der Waals surface area contributed by atoms with Crippen molar-refractivity contribution in [2.45, 2.75) is 26.8 Å². The standard InChI is InChI=1S/C19H20N2/c1-14(2)21-18-7-5-4-6-17(18)20-19(21)13-12-16-10-8-15(3)9-11-16/h4-14H,1-3H3/b13-12+. The molecule has 0 unspecified atom stereocenters. The predicted molar refractivity (Wildman–Crippen MR) is 90.2 cm³/mol. The number of nitrogens with zero attached hydrogens (tertiary/aromatic N) is 2. The molecular formula is C19H20N2. The van der Waals surface area contributed by atoms with Gasteiger partial charge in [0.05, 0.1) is 11.0 Å². The van der Waals surface area contributed by atoms with Crippen LogP contribution in [0.1, 0.15) is 36.8 Å². The highest BCUT2D eigenvalue weighted by atomic mass is 15.1. The summed E-state index contributed by atoms with van der Waals surface area (Å²) in [7, 11) is 0. The third-order valence-electron chi connectivity index (χ3n) is 3.64. The van der Waals surface area contributed by atoms with Crippen LogP contribution in [-0.2, 0) is 0 Å². The van der Waals surface area contributed by atoms with Crippen molar-refractivity contribution in [1.29, 1.82) is 0 Å². The molecular weight excluding hydrogens is 256 g/mol. The summed E-state index contributed by atoms with van der Waals surface area (Å²) in [6.07, 6.45) is 4.23. The second-order valence-corrected chi connectivity index (χ2v) is 5.67. The molecule has 0 saturated carbocycles. The minimum absolute atomic E-state index is 0.384. The fourth-order valence-corrected chi connectivity index (χ4v) is 2.57. The Bertz CT molecular complexity index is 777. The van der Waals surface area contributed by atoms with Crippen LogP contribution in [0, 0.1) is 6.92 Å². The summed E-state index contributed by atoms with van der Waals surface area (Å²) in [5, 5.41) is 0. The van der Waals surface area contributed by atoms with Crippen molar-refractivity contribution in [3.05, 3.63) is 65.5 Å². The Morgan fingerprint density at radius 3 is 2.38 bits per heavy atom. The highest BCUT2D eigenvalue weighted by Gasteiger charge is 2.10. The molecule has 0 amide bonds. The number of aryl methyl sites for hydroxylation is 1. The lowest BCUT2D eigenvalue weighted by Gasteiger charge is -2.10. The quantitative estimate of drug-likeness (QED) is 0.651. The normalized spacial score (nSPS) is 11.8. The van der Waals surface area contributed by atoms with Crippen LogP contribution >= 0.6 is 0 Å².